The molecule has 0 amide bonds. The molecule has 1 aromatic rings. The zero-order chi connectivity index (χ0) is 13.1. The van der Waals surface area contributed by atoms with Crippen LogP contribution in [0.3, 0.4) is 0 Å². The predicted octanol–water partition coefficient (Wildman–Crippen LogP) is 3.30. The summed E-state index contributed by atoms with van der Waals surface area (Å²) >= 11 is 0. The molecule has 3 heteroatoms. The van der Waals surface area contributed by atoms with E-state index < -0.39 is 0 Å². The van der Waals surface area contributed by atoms with Crippen LogP contribution in [0.25, 0.3) is 0 Å². The molecule has 2 nitrogen and oxygen atoms in total. The van der Waals surface area contributed by atoms with E-state index in [1.807, 2.05) is 0 Å². The maximum absolute atomic E-state index is 13.0. The van der Waals surface area contributed by atoms with E-state index in [1.165, 1.54) is 18.2 Å². The fourth-order valence-corrected chi connectivity index (χ4v) is 1.43. The van der Waals surface area contributed by atoms with Crippen molar-refractivity contribution in [3.8, 4) is 5.75 Å². The average Bonchev–Trinajstić information content (AvgIpc) is 2.21. The van der Waals surface area contributed by atoms with Crippen LogP contribution in [0.15, 0.2) is 18.2 Å². The van der Waals surface area contributed by atoms with Gasteiger partial charge in [0.25, 0.3) is 0 Å². The minimum atomic E-state index is -0.316. The second-order valence-corrected chi connectivity index (χ2v) is 5.67. The summed E-state index contributed by atoms with van der Waals surface area (Å²) in [5.41, 5.74) is 0.850. The van der Waals surface area contributed by atoms with Crippen LogP contribution in [0.5, 0.6) is 5.75 Å². The lowest BCUT2D eigenvalue weighted by Gasteiger charge is -2.27. The number of nitrogens with one attached hydrogen (secondary N) is 1. The molecule has 0 radical (unpaired) electrons. The molecule has 0 saturated heterocycles. The lowest BCUT2D eigenvalue weighted by atomic mass is 9.82. The first-order valence-corrected chi connectivity index (χ1v) is 5.99. The van der Waals surface area contributed by atoms with Gasteiger partial charge in [-0.2, -0.15) is 0 Å². The van der Waals surface area contributed by atoms with E-state index >= 15 is 0 Å². The van der Waals surface area contributed by atoms with Crippen LogP contribution in [0.1, 0.15) is 33.3 Å². The topological polar surface area (TPSA) is 32.3 Å². The molecule has 2 N–H and O–H groups in total. The summed E-state index contributed by atoms with van der Waals surface area (Å²) < 4.78 is 13.0. The fraction of sp³-hybridized carbons (Fsp3) is 0.571. The summed E-state index contributed by atoms with van der Waals surface area (Å²) in [5, 5.41) is 12.8. The van der Waals surface area contributed by atoms with Gasteiger partial charge in [0.2, 0.25) is 0 Å². The number of rotatable bonds is 4. The monoisotopic (exact) mass is 239 g/mol. The third-order valence-electron chi connectivity index (χ3n) is 3.29. The van der Waals surface area contributed by atoms with Crippen LogP contribution < -0.4 is 5.32 Å². The predicted molar refractivity (Wildman–Crippen MR) is 68.4 cm³/mol. The number of phenolic OH excluding ortho intramolecular Hbond substituents is 1. The van der Waals surface area contributed by atoms with Gasteiger partial charge in [-0.15, -0.1) is 0 Å². The van der Waals surface area contributed by atoms with Gasteiger partial charge in [0, 0.05) is 12.1 Å². The lowest BCUT2D eigenvalue weighted by Crippen LogP contribution is -2.29. The maximum atomic E-state index is 13.0. The molecular weight excluding hydrogens is 217 g/mol. The number of benzene rings is 1. The standard InChI is InChI=1S/C14H22FNO/c1-10(14(2,3)4)8-16-9-11-7-12(15)5-6-13(11)17/h5-7,10,16-17H,8-9H2,1-4H3. The highest BCUT2D eigenvalue weighted by atomic mass is 19.1. The Kier molecular flexibility index (Phi) is 4.52. The smallest absolute Gasteiger partial charge is 0.123 e. The highest BCUT2D eigenvalue weighted by molar-refractivity contribution is 5.32. The first kappa shape index (κ1) is 14.0. The van der Waals surface area contributed by atoms with Gasteiger partial charge in [-0.1, -0.05) is 27.7 Å². The van der Waals surface area contributed by atoms with Crippen molar-refractivity contribution < 1.29 is 9.50 Å². The fourth-order valence-electron chi connectivity index (χ4n) is 1.43. The highest BCUT2D eigenvalue weighted by Crippen LogP contribution is 2.24. The Hall–Kier alpha value is -1.09. The first-order valence-electron chi connectivity index (χ1n) is 5.99. The van der Waals surface area contributed by atoms with E-state index in [0.717, 1.165) is 6.54 Å². The van der Waals surface area contributed by atoms with Gasteiger partial charge in [-0.3, -0.25) is 0 Å². The molecule has 1 aromatic carbocycles. The highest BCUT2D eigenvalue weighted by Gasteiger charge is 2.19. The molecule has 0 saturated carbocycles. The summed E-state index contributed by atoms with van der Waals surface area (Å²) in [7, 11) is 0. The number of phenols is 1. The van der Waals surface area contributed by atoms with E-state index in [1.54, 1.807) is 0 Å². The molecule has 0 aromatic heterocycles. The van der Waals surface area contributed by atoms with E-state index in [9.17, 15) is 9.50 Å². The summed E-state index contributed by atoms with van der Waals surface area (Å²) in [5.74, 6) is 0.337. The molecule has 0 fully saturated rings. The number of halogens is 1. The molecule has 1 unspecified atom stereocenters. The van der Waals surface area contributed by atoms with E-state index in [0.29, 0.717) is 18.0 Å². The van der Waals surface area contributed by atoms with Crippen LogP contribution in [-0.2, 0) is 6.54 Å². The molecule has 17 heavy (non-hydrogen) atoms. The van der Waals surface area contributed by atoms with Crippen molar-refractivity contribution in [1.29, 1.82) is 0 Å². The van der Waals surface area contributed by atoms with Crippen molar-refractivity contribution in [3.05, 3.63) is 29.6 Å². The third-order valence-corrected chi connectivity index (χ3v) is 3.29. The van der Waals surface area contributed by atoms with E-state index in [-0.39, 0.29) is 17.0 Å². The van der Waals surface area contributed by atoms with Gasteiger partial charge in [-0.25, -0.2) is 4.39 Å². The molecule has 1 rings (SSSR count). The van der Waals surface area contributed by atoms with Gasteiger partial charge >= 0.3 is 0 Å². The summed E-state index contributed by atoms with van der Waals surface area (Å²) in [6.07, 6.45) is 0. The van der Waals surface area contributed by atoms with Crippen LogP contribution >= 0.6 is 0 Å². The molecule has 0 bridgehead atoms. The Morgan fingerprint density at radius 1 is 1.35 bits per heavy atom. The lowest BCUT2D eigenvalue weighted by molar-refractivity contribution is 0.252. The largest absolute Gasteiger partial charge is 0.508 e. The minimum absolute atomic E-state index is 0.141. The minimum Gasteiger partial charge on any atom is -0.508 e. The van der Waals surface area contributed by atoms with Crippen LogP contribution in [0.2, 0.25) is 0 Å². The second-order valence-electron chi connectivity index (χ2n) is 5.67. The van der Waals surface area contributed by atoms with Crippen LogP contribution in [0, 0.1) is 17.2 Å². The molecule has 0 heterocycles. The second kappa shape index (κ2) is 5.50. The summed E-state index contributed by atoms with van der Waals surface area (Å²) in [4.78, 5) is 0. The van der Waals surface area contributed by atoms with Gasteiger partial charge < -0.3 is 10.4 Å². The van der Waals surface area contributed by atoms with Gasteiger partial charge in [0.05, 0.1) is 0 Å². The Morgan fingerprint density at radius 2 is 2.00 bits per heavy atom. The van der Waals surface area contributed by atoms with Crippen LogP contribution in [-0.4, -0.2) is 11.7 Å². The number of hydrogen-bond acceptors (Lipinski definition) is 2. The maximum Gasteiger partial charge on any atom is 0.123 e. The number of aromatic hydroxyl groups is 1. The quantitative estimate of drug-likeness (QED) is 0.845. The van der Waals surface area contributed by atoms with Crippen molar-refractivity contribution in [2.75, 3.05) is 6.54 Å². The Labute approximate surface area is 103 Å². The average molecular weight is 239 g/mol. The summed E-state index contributed by atoms with van der Waals surface area (Å²) in [6, 6.07) is 4.01. The zero-order valence-electron chi connectivity index (χ0n) is 11.0. The molecule has 0 aliphatic carbocycles. The molecule has 0 aliphatic heterocycles. The molecular formula is C14H22FNO. The van der Waals surface area contributed by atoms with Crippen molar-refractivity contribution in [2.24, 2.45) is 11.3 Å². The normalized spacial score (nSPS) is 13.7. The Morgan fingerprint density at radius 3 is 2.59 bits per heavy atom. The molecule has 0 aliphatic rings. The molecule has 96 valence electrons. The third kappa shape index (κ3) is 4.35. The first-order chi connectivity index (χ1) is 7.80. The molecule has 1 atom stereocenters. The number of hydrogen-bond donors (Lipinski definition) is 2. The van der Waals surface area contributed by atoms with Gasteiger partial charge in [0.15, 0.2) is 0 Å². The molecule has 0 spiro atoms. The Bertz CT molecular complexity index is 371. The van der Waals surface area contributed by atoms with E-state index in [4.69, 9.17) is 0 Å². The zero-order valence-corrected chi connectivity index (χ0v) is 11.0. The van der Waals surface area contributed by atoms with Crippen molar-refractivity contribution >= 4 is 0 Å². The van der Waals surface area contributed by atoms with Crippen molar-refractivity contribution in [1.82, 2.24) is 5.32 Å². The van der Waals surface area contributed by atoms with E-state index in [2.05, 4.69) is 33.0 Å². The van der Waals surface area contributed by atoms with Crippen molar-refractivity contribution in [3.63, 3.8) is 0 Å². The van der Waals surface area contributed by atoms with Gasteiger partial charge in [0.1, 0.15) is 11.6 Å². The SMILES string of the molecule is CC(CNCc1cc(F)ccc1O)C(C)(C)C. The van der Waals surface area contributed by atoms with Crippen LogP contribution in [0.4, 0.5) is 4.39 Å². The summed E-state index contributed by atoms with van der Waals surface area (Å²) in [6.45, 7) is 10.1. The Balaban J connectivity index is 2.49. The van der Waals surface area contributed by atoms with Crippen molar-refractivity contribution in [2.45, 2.75) is 34.2 Å². The van der Waals surface area contributed by atoms with Gasteiger partial charge in [-0.05, 0) is 36.1 Å².